The molecule has 126 valence electrons. The van der Waals surface area contributed by atoms with Gasteiger partial charge in [0.05, 0.1) is 19.2 Å². The maximum atomic E-state index is 9.84. The van der Waals surface area contributed by atoms with Crippen molar-refractivity contribution in [2.45, 2.75) is 25.5 Å². The summed E-state index contributed by atoms with van der Waals surface area (Å²) in [6, 6.07) is 6.24. The minimum atomic E-state index is 0.0185. The Morgan fingerprint density at radius 2 is 2.29 bits per heavy atom. The topological polar surface area (TPSA) is 45.6 Å². The Morgan fingerprint density at radius 1 is 1.42 bits per heavy atom. The molecule has 1 aromatic heterocycles. The smallest absolute Gasteiger partial charge is 0.124 e. The van der Waals surface area contributed by atoms with Crippen molar-refractivity contribution in [1.82, 2.24) is 9.88 Å². The number of hydrogen-bond acceptors (Lipinski definition) is 4. The molecule has 3 fully saturated rings. The van der Waals surface area contributed by atoms with Crippen LogP contribution in [0.1, 0.15) is 30.0 Å². The van der Waals surface area contributed by atoms with Gasteiger partial charge in [-0.05, 0) is 55.0 Å². The third kappa shape index (κ3) is 2.33. The monoisotopic (exact) mass is 324 g/mol. The predicted octanol–water partition coefficient (Wildman–Crippen LogP) is 3.30. The first-order chi connectivity index (χ1) is 11.8. The molecule has 3 saturated heterocycles. The van der Waals surface area contributed by atoms with E-state index in [1.807, 2.05) is 18.2 Å². The first-order valence-corrected chi connectivity index (χ1v) is 8.68. The van der Waals surface area contributed by atoms with Crippen LogP contribution in [0.2, 0.25) is 0 Å². The summed E-state index contributed by atoms with van der Waals surface area (Å²) in [6.07, 6.45) is 6.25. The molecule has 1 unspecified atom stereocenters. The van der Waals surface area contributed by atoms with E-state index in [0.717, 1.165) is 41.7 Å². The molecule has 1 N–H and O–H groups in total. The van der Waals surface area contributed by atoms with E-state index in [-0.39, 0.29) is 6.61 Å². The van der Waals surface area contributed by atoms with Gasteiger partial charge in [-0.2, -0.15) is 0 Å². The zero-order valence-electron chi connectivity index (χ0n) is 14.1. The first-order valence-electron chi connectivity index (χ1n) is 8.68. The van der Waals surface area contributed by atoms with Crippen molar-refractivity contribution in [3.8, 4) is 5.75 Å². The van der Waals surface area contributed by atoms with Crippen molar-refractivity contribution < 1.29 is 9.84 Å². The highest BCUT2D eigenvalue weighted by molar-refractivity contribution is 5.88. The summed E-state index contributed by atoms with van der Waals surface area (Å²) >= 11 is 0. The average Bonchev–Trinajstić information content (AvgIpc) is 2.66. The summed E-state index contributed by atoms with van der Waals surface area (Å²) in [5.41, 5.74) is 3.05. The predicted molar refractivity (Wildman–Crippen MR) is 94.9 cm³/mol. The Bertz CT molecular complexity index is 774. The summed E-state index contributed by atoms with van der Waals surface area (Å²) in [5.74, 6) is 2.18. The third-order valence-electron chi connectivity index (χ3n) is 5.82. The molecule has 3 aliphatic rings. The van der Waals surface area contributed by atoms with E-state index >= 15 is 0 Å². The lowest BCUT2D eigenvalue weighted by atomic mass is 9.73. The van der Waals surface area contributed by atoms with Crippen LogP contribution in [0.25, 0.3) is 10.9 Å². The molecule has 4 heteroatoms. The number of fused-ring (bicyclic) bond motifs is 4. The summed E-state index contributed by atoms with van der Waals surface area (Å²) in [7, 11) is 1.72. The minimum absolute atomic E-state index is 0.0185. The summed E-state index contributed by atoms with van der Waals surface area (Å²) in [4.78, 5) is 7.07. The number of methoxy groups -OCH3 is 1. The number of hydrogen-bond donors (Lipinski definition) is 1. The molecule has 3 aliphatic heterocycles. The van der Waals surface area contributed by atoms with E-state index in [1.165, 1.54) is 12.0 Å². The van der Waals surface area contributed by atoms with Gasteiger partial charge in [0.15, 0.2) is 0 Å². The Labute approximate surface area is 142 Å². The molecule has 2 bridgehead atoms. The van der Waals surface area contributed by atoms with Crippen molar-refractivity contribution in [3.63, 3.8) is 0 Å². The van der Waals surface area contributed by atoms with Gasteiger partial charge < -0.3 is 9.84 Å². The molecule has 4 nitrogen and oxygen atoms in total. The zero-order chi connectivity index (χ0) is 16.7. The number of benzene rings is 1. The van der Waals surface area contributed by atoms with Crippen LogP contribution < -0.4 is 4.74 Å². The molecule has 2 aromatic rings. The van der Waals surface area contributed by atoms with E-state index in [0.29, 0.717) is 17.9 Å². The molecular formula is C20H24N2O2. The number of pyridine rings is 1. The van der Waals surface area contributed by atoms with E-state index < -0.39 is 0 Å². The molecule has 0 saturated carbocycles. The van der Waals surface area contributed by atoms with Gasteiger partial charge in [0.1, 0.15) is 5.75 Å². The molecule has 1 aromatic carbocycles. The SMILES string of the molecule is C=CC1C[N@]2CC[C@H]1C[C@@H]2c1c(OC)ccc2nccc(CO)c12. The van der Waals surface area contributed by atoms with Crippen molar-refractivity contribution in [1.29, 1.82) is 0 Å². The van der Waals surface area contributed by atoms with Crippen LogP contribution in [-0.2, 0) is 6.61 Å². The number of piperidine rings is 3. The van der Waals surface area contributed by atoms with Crippen LogP contribution in [0.5, 0.6) is 5.75 Å². The molecule has 24 heavy (non-hydrogen) atoms. The summed E-state index contributed by atoms with van der Waals surface area (Å²) < 4.78 is 5.71. The minimum Gasteiger partial charge on any atom is -0.496 e. The van der Waals surface area contributed by atoms with Crippen molar-refractivity contribution in [2.75, 3.05) is 20.2 Å². The Hall–Kier alpha value is -1.91. The standard InChI is InChI=1S/C20H24N2O2/c1-3-13-11-22-9-7-14(13)10-17(22)20-18(24-2)5-4-16-19(20)15(12-23)6-8-21-16/h3-6,8,13-14,17,23H,1,7,9-12H2,2H3/t13?,14-,17+/m0/s1. The molecule has 0 amide bonds. The van der Waals surface area contributed by atoms with E-state index in [1.54, 1.807) is 13.3 Å². The van der Waals surface area contributed by atoms with Crippen LogP contribution in [0.3, 0.4) is 0 Å². The fourth-order valence-electron chi connectivity index (χ4n) is 4.60. The molecule has 0 aliphatic carbocycles. The number of rotatable bonds is 4. The van der Waals surface area contributed by atoms with Crippen LogP contribution in [0.4, 0.5) is 0 Å². The normalized spacial score (nSPS) is 28.9. The molecular weight excluding hydrogens is 300 g/mol. The lowest BCUT2D eigenvalue weighted by Gasteiger charge is -2.49. The second-order valence-electron chi connectivity index (χ2n) is 6.90. The lowest BCUT2D eigenvalue weighted by Crippen LogP contribution is -2.48. The van der Waals surface area contributed by atoms with E-state index in [9.17, 15) is 5.11 Å². The lowest BCUT2D eigenvalue weighted by molar-refractivity contribution is 0.0179. The van der Waals surface area contributed by atoms with E-state index in [4.69, 9.17) is 4.74 Å². The molecule has 4 atom stereocenters. The first kappa shape index (κ1) is 15.6. The summed E-state index contributed by atoms with van der Waals surface area (Å²) in [6.45, 7) is 6.22. The molecule has 0 spiro atoms. The third-order valence-corrected chi connectivity index (χ3v) is 5.82. The second-order valence-corrected chi connectivity index (χ2v) is 6.90. The van der Waals surface area contributed by atoms with Gasteiger partial charge in [0.2, 0.25) is 0 Å². The average molecular weight is 324 g/mol. The Kier molecular flexibility index (Phi) is 4.02. The van der Waals surface area contributed by atoms with Gasteiger partial charge in [-0.15, -0.1) is 6.58 Å². The number of ether oxygens (including phenoxy) is 1. The molecule has 4 heterocycles. The molecule has 5 rings (SSSR count). The van der Waals surface area contributed by atoms with Crippen molar-refractivity contribution in [3.05, 3.63) is 48.2 Å². The Morgan fingerprint density at radius 3 is 2.96 bits per heavy atom. The quantitative estimate of drug-likeness (QED) is 0.877. The van der Waals surface area contributed by atoms with Gasteiger partial charge in [0, 0.05) is 29.7 Å². The zero-order valence-corrected chi connectivity index (χ0v) is 14.1. The molecule has 0 radical (unpaired) electrons. The van der Waals surface area contributed by atoms with Crippen LogP contribution in [-0.4, -0.2) is 35.2 Å². The van der Waals surface area contributed by atoms with Crippen molar-refractivity contribution >= 4 is 10.9 Å². The summed E-state index contributed by atoms with van der Waals surface area (Å²) in [5, 5.41) is 10.9. The van der Waals surface area contributed by atoms with Gasteiger partial charge in [-0.1, -0.05) is 6.08 Å². The van der Waals surface area contributed by atoms with Gasteiger partial charge in [-0.25, -0.2) is 0 Å². The van der Waals surface area contributed by atoms with Crippen LogP contribution >= 0.6 is 0 Å². The van der Waals surface area contributed by atoms with E-state index in [2.05, 4.69) is 22.5 Å². The Balaban J connectivity index is 1.88. The second kappa shape index (κ2) is 6.19. The highest BCUT2D eigenvalue weighted by Gasteiger charge is 2.41. The number of nitrogens with zero attached hydrogens (tertiary/aromatic N) is 2. The maximum Gasteiger partial charge on any atom is 0.124 e. The largest absolute Gasteiger partial charge is 0.496 e. The van der Waals surface area contributed by atoms with Crippen LogP contribution in [0, 0.1) is 11.8 Å². The highest BCUT2D eigenvalue weighted by Crippen LogP contribution is 2.48. The fourth-order valence-corrected chi connectivity index (χ4v) is 4.60. The maximum absolute atomic E-state index is 9.84. The number of aliphatic hydroxyl groups excluding tert-OH is 1. The van der Waals surface area contributed by atoms with Crippen LogP contribution in [0.15, 0.2) is 37.1 Å². The highest BCUT2D eigenvalue weighted by atomic mass is 16.5. The van der Waals surface area contributed by atoms with Gasteiger partial charge in [-0.3, -0.25) is 9.88 Å². The number of aliphatic hydroxyl groups is 1. The van der Waals surface area contributed by atoms with Crippen molar-refractivity contribution in [2.24, 2.45) is 11.8 Å². The fraction of sp³-hybridized carbons (Fsp3) is 0.450. The number of aromatic nitrogens is 1. The van der Waals surface area contributed by atoms with Gasteiger partial charge in [0.25, 0.3) is 0 Å². The van der Waals surface area contributed by atoms with Gasteiger partial charge >= 0.3 is 0 Å².